The first-order valence-electron chi connectivity index (χ1n) is 7.09. The Morgan fingerprint density at radius 2 is 1.91 bits per heavy atom. The zero-order valence-corrected chi connectivity index (χ0v) is 12.2. The van der Waals surface area contributed by atoms with Crippen LogP contribution in [-0.4, -0.2) is 16.7 Å². The SMILES string of the molecule is Cc1cccc(CNC(=O)C(=O)c2c[nH]c3ccccc23)c1. The van der Waals surface area contributed by atoms with Crippen molar-refractivity contribution in [2.45, 2.75) is 13.5 Å². The average molecular weight is 292 g/mol. The third-order valence-electron chi connectivity index (χ3n) is 3.58. The van der Waals surface area contributed by atoms with E-state index in [2.05, 4.69) is 10.3 Å². The number of nitrogens with one attached hydrogen (secondary N) is 2. The Morgan fingerprint density at radius 1 is 1.09 bits per heavy atom. The Balaban J connectivity index is 1.73. The predicted molar refractivity (Wildman–Crippen MR) is 85.7 cm³/mol. The van der Waals surface area contributed by atoms with Gasteiger partial charge >= 0.3 is 0 Å². The van der Waals surface area contributed by atoms with Gasteiger partial charge in [-0.15, -0.1) is 0 Å². The van der Waals surface area contributed by atoms with Gasteiger partial charge in [-0.3, -0.25) is 9.59 Å². The van der Waals surface area contributed by atoms with Crippen LogP contribution in [0.1, 0.15) is 21.5 Å². The number of hydrogen-bond acceptors (Lipinski definition) is 2. The van der Waals surface area contributed by atoms with Crippen LogP contribution in [-0.2, 0) is 11.3 Å². The normalized spacial score (nSPS) is 10.6. The number of rotatable bonds is 4. The summed E-state index contributed by atoms with van der Waals surface area (Å²) in [5.41, 5.74) is 3.34. The smallest absolute Gasteiger partial charge is 0.292 e. The molecule has 0 saturated carbocycles. The molecule has 0 radical (unpaired) electrons. The van der Waals surface area contributed by atoms with Gasteiger partial charge in [0.25, 0.3) is 11.7 Å². The lowest BCUT2D eigenvalue weighted by Gasteiger charge is -2.05. The second kappa shape index (κ2) is 5.85. The number of benzene rings is 2. The maximum absolute atomic E-state index is 12.3. The fraction of sp³-hybridized carbons (Fsp3) is 0.111. The molecule has 1 heterocycles. The number of carbonyl (C=O) groups excluding carboxylic acids is 2. The Kier molecular flexibility index (Phi) is 3.74. The molecule has 1 amide bonds. The molecule has 3 aromatic rings. The molecule has 4 heteroatoms. The van der Waals surface area contributed by atoms with Crippen LogP contribution in [0.15, 0.2) is 54.7 Å². The molecule has 0 unspecified atom stereocenters. The van der Waals surface area contributed by atoms with E-state index in [4.69, 9.17) is 0 Å². The minimum absolute atomic E-state index is 0.342. The summed E-state index contributed by atoms with van der Waals surface area (Å²) >= 11 is 0. The number of ketones is 1. The molecular formula is C18H16N2O2. The molecule has 0 aliphatic rings. The summed E-state index contributed by atoms with van der Waals surface area (Å²) in [4.78, 5) is 27.3. The maximum atomic E-state index is 12.3. The van der Waals surface area contributed by atoms with E-state index in [0.29, 0.717) is 12.1 Å². The highest BCUT2D eigenvalue weighted by Crippen LogP contribution is 2.18. The monoisotopic (exact) mass is 292 g/mol. The molecule has 0 atom stereocenters. The lowest BCUT2D eigenvalue weighted by molar-refractivity contribution is -0.117. The number of carbonyl (C=O) groups is 2. The molecular weight excluding hydrogens is 276 g/mol. The van der Waals surface area contributed by atoms with Crippen LogP contribution in [0.2, 0.25) is 0 Å². The number of hydrogen-bond donors (Lipinski definition) is 2. The van der Waals surface area contributed by atoms with Gasteiger partial charge in [-0.1, -0.05) is 48.0 Å². The Hall–Kier alpha value is -2.88. The zero-order valence-electron chi connectivity index (χ0n) is 12.2. The van der Waals surface area contributed by atoms with E-state index in [0.717, 1.165) is 22.0 Å². The quantitative estimate of drug-likeness (QED) is 0.573. The molecule has 2 N–H and O–H groups in total. The number of aromatic nitrogens is 1. The largest absolute Gasteiger partial charge is 0.360 e. The van der Waals surface area contributed by atoms with Crippen molar-refractivity contribution in [1.82, 2.24) is 10.3 Å². The molecule has 4 nitrogen and oxygen atoms in total. The standard InChI is InChI=1S/C18H16N2O2/c1-12-5-4-6-13(9-12)10-20-18(22)17(21)15-11-19-16-8-3-2-7-14(15)16/h2-9,11,19H,10H2,1H3,(H,20,22). The highest BCUT2D eigenvalue weighted by atomic mass is 16.2. The topological polar surface area (TPSA) is 62.0 Å². The highest BCUT2D eigenvalue weighted by molar-refractivity contribution is 6.44. The van der Waals surface area contributed by atoms with Gasteiger partial charge in [-0.25, -0.2) is 0 Å². The Morgan fingerprint density at radius 3 is 2.73 bits per heavy atom. The average Bonchev–Trinajstić information content (AvgIpc) is 2.96. The molecule has 0 aliphatic carbocycles. The molecule has 0 spiro atoms. The second-order valence-electron chi connectivity index (χ2n) is 5.25. The van der Waals surface area contributed by atoms with Crippen molar-refractivity contribution in [3.8, 4) is 0 Å². The van der Waals surface area contributed by atoms with Gasteiger partial charge in [0.05, 0.1) is 5.56 Å². The van der Waals surface area contributed by atoms with Gasteiger partial charge in [-0.05, 0) is 18.6 Å². The van der Waals surface area contributed by atoms with Crippen molar-refractivity contribution in [3.05, 3.63) is 71.4 Å². The van der Waals surface area contributed by atoms with E-state index >= 15 is 0 Å². The number of H-pyrrole nitrogens is 1. The third kappa shape index (κ3) is 2.76. The summed E-state index contributed by atoms with van der Waals surface area (Å²) in [5, 5.41) is 3.44. The maximum Gasteiger partial charge on any atom is 0.292 e. The summed E-state index contributed by atoms with van der Waals surface area (Å²) in [7, 11) is 0. The lowest BCUT2D eigenvalue weighted by Crippen LogP contribution is -2.30. The minimum Gasteiger partial charge on any atom is -0.360 e. The fourth-order valence-corrected chi connectivity index (χ4v) is 2.47. The van der Waals surface area contributed by atoms with Gasteiger partial charge in [0.2, 0.25) is 0 Å². The molecule has 0 saturated heterocycles. The number of para-hydroxylation sites is 1. The van der Waals surface area contributed by atoms with Crippen LogP contribution >= 0.6 is 0 Å². The number of Topliss-reactive ketones (excluding diaryl/α,β-unsaturated/α-hetero) is 1. The van der Waals surface area contributed by atoms with Crippen LogP contribution < -0.4 is 5.32 Å². The van der Waals surface area contributed by atoms with E-state index in [9.17, 15) is 9.59 Å². The van der Waals surface area contributed by atoms with Crippen LogP contribution in [0.25, 0.3) is 10.9 Å². The molecule has 0 bridgehead atoms. The van der Waals surface area contributed by atoms with Crippen molar-refractivity contribution in [2.24, 2.45) is 0 Å². The number of fused-ring (bicyclic) bond motifs is 1. The van der Waals surface area contributed by atoms with Crippen LogP contribution in [0, 0.1) is 6.92 Å². The zero-order chi connectivity index (χ0) is 15.5. The molecule has 3 rings (SSSR count). The van der Waals surface area contributed by atoms with Gasteiger partial charge in [-0.2, -0.15) is 0 Å². The first kappa shape index (κ1) is 14.1. The van der Waals surface area contributed by atoms with Crippen molar-refractivity contribution < 1.29 is 9.59 Å². The molecule has 0 fully saturated rings. The highest BCUT2D eigenvalue weighted by Gasteiger charge is 2.19. The first-order chi connectivity index (χ1) is 10.6. The van der Waals surface area contributed by atoms with Crippen LogP contribution in [0.4, 0.5) is 0 Å². The van der Waals surface area contributed by atoms with Crippen LogP contribution in [0.5, 0.6) is 0 Å². The summed E-state index contributed by atoms with van der Waals surface area (Å²) < 4.78 is 0. The van der Waals surface area contributed by atoms with Crippen molar-refractivity contribution in [3.63, 3.8) is 0 Å². The van der Waals surface area contributed by atoms with E-state index in [1.54, 1.807) is 6.20 Å². The van der Waals surface area contributed by atoms with Crippen molar-refractivity contribution in [2.75, 3.05) is 0 Å². The molecule has 110 valence electrons. The van der Waals surface area contributed by atoms with Gasteiger partial charge in [0.15, 0.2) is 0 Å². The summed E-state index contributed by atoms with van der Waals surface area (Å²) in [6, 6.07) is 15.2. The summed E-state index contributed by atoms with van der Waals surface area (Å²) in [6.45, 7) is 2.33. The summed E-state index contributed by atoms with van der Waals surface area (Å²) in [5.74, 6) is -1.11. The minimum atomic E-state index is -0.591. The predicted octanol–water partition coefficient (Wildman–Crippen LogP) is 2.98. The molecule has 2 aromatic carbocycles. The number of aryl methyl sites for hydroxylation is 1. The number of aromatic amines is 1. The molecule has 22 heavy (non-hydrogen) atoms. The Bertz CT molecular complexity index is 849. The third-order valence-corrected chi connectivity index (χ3v) is 3.58. The van der Waals surface area contributed by atoms with E-state index in [1.807, 2.05) is 55.5 Å². The van der Waals surface area contributed by atoms with Gasteiger partial charge in [0, 0.05) is 23.6 Å². The van der Waals surface area contributed by atoms with E-state index in [1.165, 1.54) is 0 Å². The van der Waals surface area contributed by atoms with Crippen LogP contribution in [0.3, 0.4) is 0 Å². The molecule has 0 aliphatic heterocycles. The fourth-order valence-electron chi connectivity index (χ4n) is 2.47. The summed E-state index contributed by atoms with van der Waals surface area (Å²) in [6.07, 6.45) is 1.58. The first-order valence-corrected chi connectivity index (χ1v) is 7.09. The second-order valence-corrected chi connectivity index (χ2v) is 5.25. The lowest BCUT2D eigenvalue weighted by atomic mass is 10.1. The van der Waals surface area contributed by atoms with Crippen molar-refractivity contribution >= 4 is 22.6 Å². The molecule has 1 aromatic heterocycles. The van der Waals surface area contributed by atoms with Gasteiger partial charge < -0.3 is 10.3 Å². The Labute approximate surface area is 128 Å². The van der Waals surface area contributed by atoms with Gasteiger partial charge in [0.1, 0.15) is 0 Å². The number of amides is 1. The van der Waals surface area contributed by atoms with Crippen molar-refractivity contribution in [1.29, 1.82) is 0 Å². The van der Waals surface area contributed by atoms with E-state index < -0.39 is 11.7 Å². The van der Waals surface area contributed by atoms with E-state index in [-0.39, 0.29) is 0 Å².